The lowest BCUT2D eigenvalue weighted by atomic mass is 10.0. The number of carbonyl (C=O) groups is 1. The quantitative estimate of drug-likeness (QED) is 0.887. The first kappa shape index (κ1) is 16.2. The van der Waals surface area contributed by atoms with Crippen LogP contribution in [0, 0.1) is 0 Å². The molecule has 126 valence electrons. The van der Waals surface area contributed by atoms with E-state index in [0.29, 0.717) is 11.7 Å². The van der Waals surface area contributed by atoms with Crippen molar-refractivity contribution in [3.63, 3.8) is 0 Å². The highest BCUT2D eigenvalue weighted by Crippen LogP contribution is 2.20. The zero-order valence-corrected chi connectivity index (χ0v) is 14.2. The van der Waals surface area contributed by atoms with Gasteiger partial charge in [-0.15, -0.1) is 0 Å². The van der Waals surface area contributed by atoms with Crippen molar-refractivity contribution in [1.29, 1.82) is 0 Å². The fourth-order valence-electron chi connectivity index (χ4n) is 3.65. The molecule has 0 aromatic carbocycles. The highest BCUT2D eigenvalue weighted by atomic mass is 16.1. The molecule has 1 aromatic rings. The summed E-state index contributed by atoms with van der Waals surface area (Å²) in [6.45, 7) is 6.63. The lowest BCUT2D eigenvalue weighted by molar-refractivity contribution is 0.0958. The molecule has 1 unspecified atom stereocenters. The molecule has 1 N–H and O–H groups in total. The SMILES string of the molecule is CNC(=O)c1cc(N2CCN(C3CCCN(C)C3)CC2)ccn1. The molecule has 1 aromatic heterocycles. The van der Waals surface area contributed by atoms with Crippen molar-refractivity contribution in [3.05, 3.63) is 24.0 Å². The molecule has 1 atom stereocenters. The maximum Gasteiger partial charge on any atom is 0.269 e. The minimum Gasteiger partial charge on any atom is -0.369 e. The number of hydrogen-bond donors (Lipinski definition) is 1. The van der Waals surface area contributed by atoms with Gasteiger partial charge in [0.1, 0.15) is 5.69 Å². The third kappa shape index (κ3) is 3.82. The monoisotopic (exact) mass is 317 g/mol. The first-order valence-corrected chi connectivity index (χ1v) is 8.53. The molecule has 23 heavy (non-hydrogen) atoms. The van der Waals surface area contributed by atoms with Crippen LogP contribution in [0.3, 0.4) is 0 Å². The fraction of sp³-hybridized carbons (Fsp3) is 0.647. The predicted octanol–water partition coefficient (Wildman–Crippen LogP) is 0.657. The molecule has 2 aliphatic rings. The number of anilines is 1. The Bertz CT molecular complexity index is 542. The first-order valence-electron chi connectivity index (χ1n) is 8.53. The van der Waals surface area contributed by atoms with Crippen LogP contribution >= 0.6 is 0 Å². The molecule has 0 bridgehead atoms. The van der Waals surface area contributed by atoms with Crippen LogP contribution < -0.4 is 10.2 Å². The average Bonchev–Trinajstić information content (AvgIpc) is 2.61. The number of hydrogen-bond acceptors (Lipinski definition) is 5. The van der Waals surface area contributed by atoms with Crippen molar-refractivity contribution < 1.29 is 4.79 Å². The molecule has 0 spiro atoms. The van der Waals surface area contributed by atoms with Crippen molar-refractivity contribution in [1.82, 2.24) is 20.1 Å². The molecule has 0 saturated carbocycles. The Balaban J connectivity index is 1.59. The van der Waals surface area contributed by atoms with Gasteiger partial charge in [-0.3, -0.25) is 14.7 Å². The van der Waals surface area contributed by atoms with Gasteiger partial charge in [0.25, 0.3) is 5.91 Å². The summed E-state index contributed by atoms with van der Waals surface area (Å²) in [7, 11) is 3.86. The Morgan fingerprint density at radius 3 is 2.74 bits per heavy atom. The number of amides is 1. The van der Waals surface area contributed by atoms with Gasteiger partial charge in [-0.1, -0.05) is 0 Å². The standard InChI is InChI=1S/C17H27N5O/c1-18-17(23)16-12-14(5-6-19-16)21-8-10-22(11-9-21)15-4-3-7-20(2)13-15/h5-6,12,15H,3-4,7-11,13H2,1-2H3,(H,18,23). The minimum atomic E-state index is -0.129. The van der Waals surface area contributed by atoms with E-state index in [0.717, 1.165) is 31.9 Å². The fourth-order valence-corrected chi connectivity index (χ4v) is 3.65. The molecule has 0 radical (unpaired) electrons. The van der Waals surface area contributed by atoms with Crippen LogP contribution in [0.1, 0.15) is 23.3 Å². The molecular weight excluding hydrogens is 290 g/mol. The van der Waals surface area contributed by atoms with Gasteiger partial charge in [0.2, 0.25) is 0 Å². The van der Waals surface area contributed by atoms with Gasteiger partial charge in [-0.25, -0.2) is 0 Å². The summed E-state index contributed by atoms with van der Waals surface area (Å²) in [6.07, 6.45) is 4.35. The van der Waals surface area contributed by atoms with Crippen molar-refractivity contribution in [2.24, 2.45) is 0 Å². The Morgan fingerprint density at radius 2 is 2.04 bits per heavy atom. The maximum atomic E-state index is 11.7. The maximum absolute atomic E-state index is 11.7. The number of nitrogens with one attached hydrogen (secondary N) is 1. The number of aromatic nitrogens is 1. The second-order valence-corrected chi connectivity index (χ2v) is 6.56. The molecule has 3 heterocycles. The number of pyridine rings is 1. The van der Waals surface area contributed by atoms with E-state index in [9.17, 15) is 4.79 Å². The topological polar surface area (TPSA) is 51.7 Å². The Morgan fingerprint density at radius 1 is 1.26 bits per heavy atom. The third-order valence-corrected chi connectivity index (χ3v) is 5.00. The van der Waals surface area contributed by atoms with E-state index in [-0.39, 0.29) is 5.91 Å². The Labute approximate surface area is 138 Å². The van der Waals surface area contributed by atoms with Gasteiger partial charge in [-0.2, -0.15) is 0 Å². The molecule has 2 saturated heterocycles. The largest absolute Gasteiger partial charge is 0.369 e. The lowest BCUT2D eigenvalue weighted by Gasteiger charge is -2.43. The van der Waals surface area contributed by atoms with E-state index >= 15 is 0 Å². The van der Waals surface area contributed by atoms with Gasteiger partial charge in [0, 0.05) is 57.7 Å². The zero-order valence-electron chi connectivity index (χ0n) is 14.2. The summed E-state index contributed by atoms with van der Waals surface area (Å²) in [6, 6.07) is 4.59. The van der Waals surface area contributed by atoms with Crippen LogP contribution in [-0.2, 0) is 0 Å². The van der Waals surface area contributed by atoms with E-state index in [1.807, 2.05) is 12.1 Å². The van der Waals surface area contributed by atoms with Gasteiger partial charge >= 0.3 is 0 Å². The highest BCUT2D eigenvalue weighted by Gasteiger charge is 2.27. The second kappa shape index (κ2) is 7.27. The molecule has 6 nitrogen and oxygen atoms in total. The number of carbonyl (C=O) groups excluding carboxylic acids is 1. The van der Waals surface area contributed by atoms with Gasteiger partial charge in [-0.05, 0) is 38.6 Å². The van der Waals surface area contributed by atoms with Gasteiger partial charge in [0.15, 0.2) is 0 Å². The van der Waals surface area contributed by atoms with Crippen molar-refractivity contribution in [3.8, 4) is 0 Å². The van der Waals surface area contributed by atoms with E-state index in [1.165, 1.54) is 25.9 Å². The summed E-state index contributed by atoms with van der Waals surface area (Å²) >= 11 is 0. The molecule has 3 rings (SSSR count). The predicted molar refractivity (Wildman–Crippen MR) is 91.9 cm³/mol. The Hall–Kier alpha value is -1.66. The average molecular weight is 317 g/mol. The summed E-state index contributed by atoms with van der Waals surface area (Å²) in [5.41, 5.74) is 1.58. The van der Waals surface area contributed by atoms with Crippen LogP contribution in [-0.4, -0.2) is 80.1 Å². The first-order chi connectivity index (χ1) is 11.2. The lowest BCUT2D eigenvalue weighted by Crippen LogP contribution is -2.54. The number of piperidine rings is 1. The molecule has 6 heteroatoms. The molecular formula is C17H27N5O. The highest BCUT2D eigenvalue weighted by molar-refractivity contribution is 5.92. The van der Waals surface area contributed by atoms with Crippen LogP contribution in [0.2, 0.25) is 0 Å². The normalized spacial score (nSPS) is 23.7. The van der Waals surface area contributed by atoms with Crippen LogP contribution in [0.4, 0.5) is 5.69 Å². The zero-order chi connectivity index (χ0) is 16.2. The van der Waals surface area contributed by atoms with Crippen molar-refractivity contribution in [2.75, 3.05) is 58.3 Å². The van der Waals surface area contributed by atoms with E-state index in [2.05, 4.69) is 32.0 Å². The molecule has 0 aliphatic carbocycles. The number of piperazine rings is 1. The van der Waals surface area contributed by atoms with Crippen LogP contribution in [0.15, 0.2) is 18.3 Å². The van der Waals surface area contributed by atoms with Crippen LogP contribution in [0.25, 0.3) is 0 Å². The number of likely N-dealkylation sites (N-methyl/N-ethyl adjacent to an activating group) is 1. The molecule has 2 fully saturated rings. The summed E-state index contributed by atoms with van der Waals surface area (Å²) < 4.78 is 0. The third-order valence-electron chi connectivity index (χ3n) is 5.00. The smallest absolute Gasteiger partial charge is 0.269 e. The van der Waals surface area contributed by atoms with Crippen molar-refractivity contribution >= 4 is 11.6 Å². The number of likely N-dealkylation sites (tertiary alicyclic amines) is 1. The second-order valence-electron chi connectivity index (χ2n) is 6.56. The minimum absolute atomic E-state index is 0.129. The molecule has 1 amide bonds. The summed E-state index contributed by atoms with van der Waals surface area (Å²) in [4.78, 5) is 23.3. The van der Waals surface area contributed by atoms with Crippen molar-refractivity contribution in [2.45, 2.75) is 18.9 Å². The summed E-state index contributed by atoms with van der Waals surface area (Å²) in [5.74, 6) is -0.129. The van der Waals surface area contributed by atoms with Crippen LogP contribution in [0.5, 0.6) is 0 Å². The number of nitrogens with zero attached hydrogens (tertiary/aromatic N) is 4. The molecule has 2 aliphatic heterocycles. The Kier molecular flexibility index (Phi) is 5.13. The van der Waals surface area contributed by atoms with Gasteiger partial charge < -0.3 is 15.1 Å². The van der Waals surface area contributed by atoms with E-state index < -0.39 is 0 Å². The van der Waals surface area contributed by atoms with E-state index in [1.54, 1.807) is 13.2 Å². The number of rotatable bonds is 3. The van der Waals surface area contributed by atoms with Gasteiger partial charge in [0.05, 0.1) is 0 Å². The van der Waals surface area contributed by atoms with E-state index in [4.69, 9.17) is 0 Å². The summed E-state index contributed by atoms with van der Waals surface area (Å²) in [5, 5.41) is 2.63.